The maximum atomic E-state index is 11.7. The Morgan fingerprint density at radius 3 is 2.50 bits per heavy atom. The number of furan rings is 1. The topological polar surface area (TPSA) is 85.1 Å². The summed E-state index contributed by atoms with van der Waals surface area (Å²) in [5.41, 5.74) is 4.89. The maximum absolute atomic E-state index is 11.7. The van der Waals surface area contributed by atoms with Gasteiger partial charge >= 0.3 is 5.97 Å². The number of benzene rings is 2. The van der Waals surface area contributed by atoms with Gasteiger partial charge in [-0.15, -0.1) is 0 Å². The van der Waals surface area contributed by atoms with Crippen molar-refractivity contribution in [3.63, 3.8) is 0 Å². The molecule has 0 fully saturated rings. The van der Waals surface area contributed by atoms with E-state index in [0.717, 1.165) is 17.0 Å². The molecular weight excluding hydrogens is 402 g/mol. The van der Waals surface area contributed by atoms with E-state index in [1.54, 1.807) is 44.4 Å². The summed E-state index contributed by atoms with van der Waals surface area (Å²) in [4.78, 5) is 11.7. The van der Waals surface area contributed by atoms with Crippen LogP contribution in [-0.2, 0) is 4.74 Å². The quantitative estimate of drug-likeness (QED) is 0.251. The second kappa shape index (κ2) is 10.2. The Morgan fingerprint density at radius 1 is 1.10 bits per heavy atom. The molecule has 1 heterocycles. The third kappa shape index (κ3) is 5.68. The van der Waals surface area contributed by atoms with Crippen molar-refractivity contribution < 1.29 is 18.7 Å². The molecule has 0 radical (unpaired) electrons. The second-order valence-corrected chi connectivity index (χ2v) is 6.46. The van der Waals surface area contributed by atoms with E-state index in [1.165, 1.54) is 6.21 Å². The number of carbonyl (C=O) groups is 1. The molecule has 8 heteroatoms. The number of nitrogens with one attached hydrogen (secondary N) is 2. The van der Waals surface area contributed by atoms with Crippen molar-refractivity contribution in [1.82, 2.24) is 5.43 Å². The largest absolute Gasteiger partial charge is 0.497 e. The summed E-state index contributed by atoms with van der Waals surface area (Å²) in [5.74, 6) is 1.63. The van der Waals surface area contributed by atoms with Gasteiger partial charge < -0.3 is 19.2 Å². The van der Waals surface area contributed by atoms with Crippen LogP contribution in [0.2, 0.25) is 0 Å². The standard InChI is InChI=1S/C22H21N3O4S/c1-3-28-21(26)16-6-4-15(5-7-16)20-13-12-19(29-20)14-23-25-22(30)24-17-8-10-18(27-2)11-9-17/h4-14H,3H2,1-2H3,(H2,24,25,30)/b23-14-. The minimum absolute atomic E-state index is 0.342. The van der Waals surface area contributed by atoms with Gasteiger partial charge in [-0.2, -0.15) is 5.10 Å². The van der Waals surface area contributed by atoms with E-state index in [9.17, 15) is 4.79 Å². The average Bonchev–Trinajstić information content (AvgIpc) is 3.23. The van der Waals surface area contributed by atoms with E-state index in [1.807, 2.05) is 30.3 Å². The molecule has 1 aromatic heterocycles. The molecule has 3 rings (SSSR count). The monoisotopic (exact) mass is 423 g/mol. The Balaban J connectivity index is 1.54. The highest BCUT2D eigenvalue weighted by Crippen LogP contribution is 2.22. The fourth-order valence-corrected chi connectivity index (χ4v) is 2.72. The lowest BCUT2D eigenvalue weighted by molar-refractivity contribution is 0.0526. The molecule has 3 aromatic rings. The highest BCUT2D eigenvalue weighted by atomic mass is 32.1. The summed E-state index contributed by atoms with van der Waals surface area (Å²) in [6, 6.07) is 18.0. The van der Waals surface area contributed by atoms with Crippen molar-refractivity contribution in [2.45, 2.75) is 6.92 Å². The number of hydrazone groups is 1. The number of nitrogens with zero attached hydrogens (tertiary/aromatic N) is 1. The average molecular weight is 423 g/mol. The molecule has 0 aliphatic heterocycles. The van der Waals surface area contributed by atoms with Crippen LogP contribution in [0.1, 0.15) is 23.0 Å². The van der Waals surface area contributed by atoms with E-state index in [2.05, 4.69) is 15.8 Å². The number of esters is 1. The van der Waals surface area contributed by atoms with Gasteiger partial charge in [0.15, 0.2) is 5.11 Å². The smallest absolute Gasteiger partial charge is 0.338 e. The van der Waals surface area contributed by atoms with Crippen LogP contribution >= 0.6 is 12.2 Å². The van der Waals surface area contributed by atoms with Gasteiger partial charge in [-0.25, -0.2) is 4.79 Å². The van der Waals surface area contributed by atoms with Gasteiger partial charge in [0.2, 0.25) is 0 Å². The van der Waals surface area contributed by atoms with Crippen LogP contribution in [0.5, 0.6) is 5.75 Å². The Kier molecular flexibility index (Phi) is 7.18. The molecule has 0 spiro atoms. The number of ether oxygens (including phenoxy) is 2. The van der Waals surface area contributed by atoms with Crippen molar-refractivity contribution in [3.05, 3.63) is 72.0 Å². The molecule has 30 heavy (non-hydrogen) atoms. The number of thiocarbonyl (C=S) groups is 1. The molecule has 0 unspecified atom stereocenters. The lowest BCUT2D eigenvalue weighted by Gasteiger charge is -2.07. The highest BCUT2D eigenvalue weighted by molar-refractivity contribution is 7.80. The summed E-state index contributed by atoms with van der Waals surface area (Å²) in [6.07, 6.45) is 1.53. The zero-order valence-corrected chi connectivity index (χ0v) is 17.4. The van der Waals surface area contributed by atoms with Crippen molar-refractivity contribution >= 4 is 35.2 Å². The van der Waals surface area contributed by atoms with Crippen LogP contribution in [0.25, 0.3) is 11.3 Å². The van der Waals surface area contributed by atoms with Crippen LogP contribution in [0.15, 0.2) is 70.2 Å². The Bertz CT molecular complexity index is 1030. The number of methoxy groups -OCH3 is 1. The molecule has 2 N–H and O–H groups in total. The van der Waals surface area contributed by atoms with Gasteiger partial charge in [0.1, 0.15) is 17.3 Å². The molecule has 0 saturated carbocycles. The SMILES string of the molecule is CCOC(=O)c1ccc(-c2ccc(/C=N\NC(=S)Nc3ccc(OC)cc3)o2)cc1. The molecule has 0 saturated heterocycles. The Labute approximate surface area is 179 Å². The second-order valence-electron chi connectivity index (χ2n) is 6.05. The third-order valence-corrected chi connectivity index (χ3v) is 4.21. The summed E-state index contributed by atoms with van der Waals surface area (Å²) in [6.45, 7) is 2.11. The zero-order chi connectivity index (χ0) is 21.3. The number of hydrogen-bond donors (Lipinski definition) is 2. The summed E-state index contributed by atoms with van der Waals surface area (Å²) < 4.78 is 15.9. The van der Waals surface area contributed by atoms with Gasteiger partial charge in [-0.1, -0.05) is 12.1 Å². The zero-order valence-electron chi connectivity index (χ0n) is 16.5. The first kappa shape index (κ1) is 21.1. The van der Waals surface area contributed by atoms with Gasteiger partial charge in [-0.3, -0.25) is 5.43 Å². The number of hydrogen-bond acceptors (Lipinski definition) is 6. The van der Waals surface area contributed by atoms with E-state index < -0.39 is 0 Å². The maximum Gasteiger partial charge on any atom is 0.338 e. The van der Waals surface area contributed by atoms with Crippen LogP contribution in [0.3, 0.4) is 0 Å². The molecule has 0 atom stereocenters. The summed E-state index contributed by atoms with van der Waals surface area (Å²) in [5, 5.41) is 7.44. The number of rotatable bonds is 7. The lowest BCUT2D eigenvalue weighted by atomic mass is 10.1. The van der Waals surface area contributed by atoms with E-state index in [-0.39, 0.29) is 5.97 Å². The van der Waals surface area contributed by atoms with Crippen molar-refractivity contribution in [3.8, 4) is 17.1 Å². The summed E-state index contributed by atoms with van der Waals surface area (Å²) >= 11 is 5.21. The molecular formula is C22H21N3O4S. The van der Waals surface area contributed by atoms with Gasteiger partial charge in [-0.05, 0) is 67.7 Å². The minimum Gasteiger partial charge on any atom is -0.497 e. The van der Waals surface area contributed by atoms with Crippen molar-refractivity contribution in [1.29, 1.82) is 0 Å². The Morgan fingerprint density at radius 2 is 1.83 bits per heavy atom. The van der Waals surface area contributed by atoms with E-state index in [0.29, 0.717) is 28.8 Å². The first-order valence-corrected chi connectivity index (χ1v) is 9.61. The number of carbonyl (C=O) groups excluding carboxylic acids is 1. The summed E-state index contributed by atoms with van der Waals surface area (Å²) in [7, 11) is 1.61. The molecule has 2 aromatic carbocycles. The van der Waals surface area contributed by atoms with E-state index in [4.69, 9.17) is 26.1 Å². The number of anilines is 1. The normalized spacial score (nSPS) is 10.6. The van der Waals surface area contributed by atoms with Crippen LogP contribution < -0.4 is 15.5 Å². The van der Waals surface area contributed by atoms with Gasteiger partial charge in [0, 0.05) is 11.3 Å². The first-order valence-electron chi connectivity index (χ1n) is 9.20. The highest BCUT2D eigenvalue weighted by Gasteiger charge is 2.08. The molecule has 0 bridgehead atoms. The van der Waals surface area contributed by atoms with Crippen molar-refractivity contribution in [2.75, 3.05) is 19.0 Å². The van der Waals surface area contributed by atoms with E-state index >= 15 is 0 Å². The molecule has 0 aliphatic carbocycles. The predicted octanol–water partition coefficient (Wildman–Crippen LogP) is 4.45. The van der Waals surface area contributed by atoms with Crippen molar-refractivity contribution in [2.24, 2.45) is 5.10 Å². The molecule has 0 aliphatic rings. The lowest BCUT2D eigenvalue weighted by Crippen LogP contribution is -2.23. The minimum atomic E-state index is -0.346. The molecule has 0 amide bonds. The van der Waals surface area contributed by atoms with Gasteiger partial charge in [0.25, 0.3) is 0 Å². The molecule has 7 nitrogen and oxygen atoms in total. The Hall–Kier alpha value is -3.65. The van der Waals surface area contributed by atoms with Crippen LogP contribution in [0.4, 0.5) is 5.69 Å². The predicted molar refractivity (Wildman–Crippen MR) is 120 cm³/mol. The van der Waals surface area contributed by atoms with Crippen LogP contribution in [0, 0.1) is 0 Å². The van der Waals surface area contributed by atoms with Gasteiger partial charge in [0.05, 0.1) is 25.5 Å². The third-order valence-electron chi connectivity index (χ3n) is 4.01. The first-order chi connectivity index (χ1) is 14.6. The van der Waals surface area contributed by atoms with Crippen LogP contribution in [-0.4, -0.2) is 31.0 Å². The fraction of sp³-hybridized carbons (Fsp3) is 0.136. The fourth-order valence-electron chi connectivity index (χ4n) is 2.55. The molecule has 154 valence electrons.